The van der Waals surface area contributed by atoms with E-state index in [-0.39, 0.29) is 18.2 Å². The molecule has 2 heterocycles. The van der Waals surface area contributed by atoms with Crippen LogP contribution in [0.4, 0.5) is 4.79 Å². The molecular formula is C18H26N2O3. The maximum Gasteiger partial charge on any atom is 0.410 e. The summed E-state index contributed by atoms with van der Waals surface area (Å²) in [6.45, 7) is 7.90. The van der Waals surface area contributed by atoms with Crippen molar-refractivity contribution in [2.24, 2.45) is 0 Å². The van der Waals surface area contributed by atoms with Gasteiger partial charge in [0.15, 0.2) is 0 Å². The monoisotopic (exact) mass is 318 g/mol. The molecule has 0 spiro atoms. The van der Waals surface area contributed by atoms with Gasteiger partial charge in [-0.1, -0.05) is 18.2 Å². The van der Waals surface area contributed by atoms with Crippen molar-refractivity contribution in [2.75, 3.05) is 19.7 Å². The fraction of sp³-hybridized carbons (Fsp3) is 0.611. The lowest BCUT2D eigenvalue weighted by atomic mass is 10.1. The zero-order valence-corrected chi connectivity index (χ0v) is 14.2. The second-order valence-corrected chi connectivity index (χ2v) is 7.28. The lowest BCUT2D eigenvalue weighted by Gasteiger charge is -2.29. The van der Waals surface area contributed by atoms with Crippen molar-refractivity contribution in [1.82, 2.24) is 10.2 Å². The van der Waals surface area contributed by atoms with E-state index in [2.05, 4.69) is 11.4 Å². The van der Waals surface area contributed by atoms with Crippen molar-refractivity contribution in [3.8, 4) is 5.75 Å². The zero-order valence-electron chi connectivity index (χ0n) is 14.2. The van der Waals surface area contributed by atoms with Crippen molar-refractivity contribution in [3.05, 3.63) is 29.8 Å². The first kappa shape index (κ1) is 16.1. The van der Waals surface area contributed by atoms with E-state index in [1.54, 1.807) is 0 Å². The van der Waals surface area contributed by atoms with Crippen LogP contribution in [0.2, 0.25) is 0 Å². The van der Waals surface area contributed by atoms with E-state index in [9.17, 15) is 4.79 Å². The molecular weight excluding hydrogens is 292 g/mol. The summed E-state index contributed by atoms with van der Waals surface area (Å²) in [6.07, 6.45) is 1.84. The Morgan fingerprint density at radius 3 is 2.96 bits per heavy atom. The second kappa shape index (κ2) is 6.40. The van der Waals surface area contributed by atoms with Gasteiger partial charge in [0.2, 0.25) is 0 Å². The molecule has 2 unspecified atom stereocenters. The molecule has 2 aliphatic rings. The Kier molecular flexibility index (Phi) is 4.48. The first-order valence-corrected chi connectivity index (χ1v) is 8.39. The van der Waals surface area contributed by atoms with Crippen molar-refractivity contribution < 1.29 is 14.3 Å². The van der Waals surface area contributed by atoms with E-state index >= 15 is 0 Å². The van der Waals surface area contributed by atoms with Crippen LogP contribution in [-0.2, 0) is 4.74 Å². The molecule has 0 aromatic heterocycles. The van der Waals surface area contributed by atoms with Gasteiger partial charge in [0.1, 0.15) is 18.0 Å². The largest absolute Gasteiger partial charge is 0.491 e. The van der Waals surface area contributed by atoms with Crippen molar-refractivity contribution >= 4 is 6.09 Å². The molecule has 5 heteroatoms. The molecule has 1 amide bonds. The minimum atomic E-state index is -0.449. The van der Waals surface area contributed by atoms with Gasteiger partial charge in [0, 0.05) is 24.7 Å². The Hall–Kier alpha value is -1.75. The maximum absolute atomic E-state index is 12.3. The Bertz CT molecular complexity index is 568. The summed E-state index contributed by atoms with van der Waals surface area (Å²) in [5, 5.41) is 3.55. The van der Waals surface area contributed by atoms with Crippen molar-refractivity contribution in [2.45, 2.75) is 51.3 Å². The molecule has 1 saturated heterocycles. The van der Waals surface area contributed by atoms with E-state index in [1.165, 1.54) is 5.56 Å². The molecule has 126 valence electrons. The van der Waals surface area contributed by atoms with Crippen LogP contribution in [0, 0.1) is 0 Å². The molecule has 3 rings (SSSR count). The number of hydrogen-bond acceptors (Lipinski definition) is 4. The number of ether oxygens (including phenoxy) is 2. The predicted octanol–water partition coefficient (Wildman–Crippen LogP) is 3.11. The summed E-state index contributed by atoms with van der Waals surface area (Å²) in [5.74, 6) is 0.959. The summed E-state index contributed by atoms with van der Waals surface area (Å²) >= 11 is 0. The van der Waals surface area contributed by atoms with E-state index < -0.39 is 5.60 Å². The van der Waals surface area contributed by atoms with Gasteiger partial charge < -0.3 is 19.7 Å². The number of fused-ring (bicyclic) bond motifs is 1. The van der Waals surface area contributed by atoms with Crippen LogP contribution < -0.4 is 10.1 Å². The topological polar surface area (TPSA) is 50.8 Å². The summed E-state index contributed by atoms with van der Waals surface area (Å²) in [5.41, 5.74) is 0.755. The molecule has 1 aromatic rings. The number of hydrogen-bond donors (Lipinski definition) is 1. The number of carbonyl (C=O) groups is 1. The molecule has 23 heavy (non-hydrogen) atoms. The third kappa shape index (κ3) is 3.78. The van der Waals surface area contributed by atoms with Gasteiger partial charge in [0.05, 0.1) is 6.04 Å². The fourth-order valence-corrected chi connectivity index (χ4v) is 3.22. The predicted molar refractivity (Wildman–Crippen MR) is 88.6 cm³/mol. The number of para-hydroxylation sites is 1. The SMILES string of the molecule is CC(C)(C)OC(=O)N1CCCC1CNC1COc2ccccc21. The highest BCUT2D eigenvalue weighted by Gasteiger charge is 2.33. The normalized spacial score (nSPS) is 23.5. The first-order valence-electron chi connectivity index (χ1n) is 8.39. The van der Waals surface area contributed by atoms with E-state index in [0.29, 0.717) is 6.61 Å². The lowest BCUT2D eigenvalue weighted by Crippen LogP contribution is -2.44. The fourth-order valence-electron chi connectivity index (χ4n) is 3.22. The number of benzene rings is 1. The van der Waals surface area contributed by atoms with Crippen molar-refractivity contribution in [1.29, 1.82) is 0 Å². The molecule has 1 N–H and O–H groups in total. The second-order valence-electron chi connectivity index (χ2n) is 7.28. The number of amides is 1. The van der Waals surface area contributed by atoms with Crippen molar-refractivity contribution in [3.63, 3.8) is 0 Å². The standard InChI is InChI=1S/C18H26N2O3/c1-18(2,3)23-17(21)20-10-6-7-13(20)11-19-15-12-22-16-9-5-4-8-14(15)16/h4-5,8-9,13,15,19H,6-7,10-12H2,1-3H3. The van der Waals surface area contributed by atoms with Gasteiger partial charge in [-0.15, -0.1) is 0 Å². The molecule has 1 fully saturated rings. The first-order chi connectivity index (χ1) is 10.9. The van der Waals surface area contributed by atoms with Crippen LogP contribution in [0.25, 0.3) is 0 Å². The highest BCUT2D eigenvalue weighted by Crippen LogP contribution is 2.32. The Balaban J connectivity index is 1.57. The van der Waals surface area contributed by atoms with E-state index in [4.69, 9.17) is 9.47 Å². The van der Waals surface area contributed by atoms with Gasteiger partial charge in [-0.25, -0.2) is 4.79 Å². The summed E-state index contributed by atoms with van der Waals surface area (Å²) in [6, 6.07) is 8.51. The quantitative estimate of drug-likeness (QED) is 0.930. The Labute approximate surface area is 137 Å². The van der Waals surface area contributed by atoms with Gasteiger partial charge >= 0.3 is 6.09 Å². The molecule has 0 saturated carbocycles. The number of carbonyl (C=O) groups excluding carboxylic acids is 1. The molecule has 0 aliphatic carbocycles. The van der Waals surface area contributed by atoms with Gasteiger partial charge in [-0.2, -0.15) is 0 Å². The average molecular weight is 318 g/mol. The van der Waals surface area contributed by atoms with Crippen LogP contribution in [0.3, 0.4) is 0 Å². The molecule has 5 nitrogen and oxygen atoms in total. The Morgan fingerprint density at radius 2 is 2.17 bits per heavy atom. The minimum Gasteiger partial charge on any atom is -0.491 e. The molecule has 2 atom stereocenters. The van der Waals surface area contributed by atoms with E-state index in [1.807, 2.05) is 43.9 Å². The highest BCUT2D eigenvalue weighted by atomic mass is 16.6. The lowest BCUT2D eigenvalue weighted by molar-refractivity contribution is 0.0224. The summed E-state index contributed by atoms with van der Waals surface area (Å²) in [7, 11) is 0. The third-order valence-corrected chi connectivity index (χ3v) is 4.30. The molecule has 1 aromatic carbocycles. The number of rotatable bonds is 3. The van der Waals surface area contributed by atoms with Gasteiger partial charge in [-0.3, -0.25) is 0 Å². The average Bonchev–Trinajstić information content (AvgIpc) is 3.10. The van der Waals surface area contributed by atoms with Gasteiger partial charge in [-0.05, 0) is 39.7 Å². The summed E-state index contributed by atoms with van der Waals surface area (Å²) in [4.78, 5) is 14.2. The minimum absolute atomic E-state index is 0.192. The van der Waals surface area contributed by atoms with Crippen LogP contribution in [0.5, 0.6) is 5.75 Å². The molecule has 0 radical (unpaired) electrons. The van der Waals surface area contributed by atoms with Gasteiger partial charge in [0.25, 0.3) is 0 Å². The number of nitrogens with one attached hydrogen (secondary N) is 1. The Morgan fingerprint density at radius 1 is 1.39 bits per heavy atom. The molecule has 0 bridgehead atoms. The third-order valence-electron chi connectivity index (χ3n) is 4.30. The van der Waals surface area contributed by atoms with Crippen LogP contribution in [0.15, 0.2) is 24.3 Å². The molecule has 2 aliphatic heterocycles. The zero-order chi connectivity index (χ0) is 16.4. The highest BCUT2D eigenvalue weighted by molar-refractivity contribution is 5.69. The number of likely N-dealkylation sites (tertiary alicyclic amines) is 1. The van der Waals surface area contributed by atoms with Crippen LogP contribution in [-0.4, -0.2) is 42.3 Å². The van der Waals surface area contributed by atoms with Crippen LogP contribution in [0.1, 0.15) is 45.2 Å². The maximum atomic E-state index is 12.3. The number of nitrogens with zero attached hydrogens (tertiary/aromatic N) is 1. The van der Waals surface area contributed by atoms with Crippen LogP contribution >= 0.6 is 0 Å². The smallest absolute Gasteiger partial charge is 0.410 e. The summed E-state index contributed by atoms with van der Waals surface area (Å²) < 4.78 is 11.2. The van der Waals surface area contributed by atoms with E-state index in [0.717, 1.165) is 31.7 Å².